The van der Waals surface area contributed by atoms with Crippen molar-refractivity contribution in [3.63, 3.8) is 0 Å². The number of rotatable bonds is 2. The number of halogens is 1. The highest BCUT2D eigenvalue weighted by Gasteiger charge is 2.14. The summed E-state index contributed by atoms with van der Waals surface area (Å²) < 4.78 is 0. The molecule has 0 radical (unpaired) electrons. The van der Waals surface area contributed by atoms with Crippen LogP contribution in [-0.4, -0.2) is 10.9 Å². The fourth-order valence-corrected chi connectivity index (χ4v) is 1.98. The number of hydrogen-bond donors (Lipinski definition) is 2. The molecule has 2 rings (SSSR count). The van der Waals surface area contributed by atoms with Gasteiger partial charge < -0.3 is 11.1 Å². The van der Waals surface area contributed by atoms with E-state index >= 15 is 0 Å². The lowest BCUT2D eigenvalue weighted by molar-refractivity contribution is 0.102. The highest BCUT2D eigenvalue weighted by Crippen LogP contribution is 2.23. The standard InChI is InChI=1S/C14H14ClN3O/c1-8-6-11(13(15)17-7-8)18-14(19)12-9(2)4-3-5-10(12)16/h3-7H,16H2,1-2H3,(H,18,19). The molecule has 98 valence electrons. The number of carbonyl (C=O) groups is 1. The maximum absolute atomic E-state index is 12.2. The van der Waals surface area contributed by atoms with E-state index in [1.165, 1.54) is 0 Å². The summed E-state index contributed by atoms with van der Waals surface area (Å²) in [7, 11) is 0. The number of nitrogens with zero attached hydrogens (tertiary/aromatic N) is 1. The monoisotopic (exact) mass is 275 g/mol. The molecular weight excluding hydrogens is 262 g/mol. The van der Waals surface area contributed by atoms with Crippen molar-refractivity contribution in [2.24, 2.45) is 0 Å². The molecule has 1 heterocycles. The predicted octanol–water partition coefficient (Wildman–Crippen LogP) is 3.19. The van der Waals surface area contributed by atoms with E-state index in [-0.39, 0.29) is 11.1 Å². The summed E-state index contributed by atoms with van der Waals surface area (Å²) in [5, 5.41) is 2.99. The molecule has 0 aliphatic rings. The Morgan fingerprint density at radius 1 is 1.37 bits per heavy atom. The summed E-state index contributed by atoms with van der Waals surface area (Å²) in [6.07, 6.45) is 1.64. The van der Waals surface area contributed by atoms with Crippen LogP contribution in [0.1, 0.15) is 21.5 Å². The Kier molecular flexibility index (Phi) is 3.71. The normalized spacial score (nSPS) is 10.3. The van der Waals surface area contributed by atoms with E-state index in [1.807, 2.05) is 26.0 Å². The average molecular weight is 276 g/mol. The fraction of sp³-hybridized carbons (Fsp3) is 0.143. The van der Waals surface area contributed by atoms with Crippen LogP contribution in [0, 0.1) is 13.8 Å². The van der Waals surface area contributed by atoms with Crippen molar-refractivity contribution in [3.8, 4) is 0 Å². The van der Waals surface area contributed by atoms with Crippen molar-refractivity contribution >= 4 is 28.9 Å². The van der Waals surface area contributed by atoms with Crippen molar-refractivity contribution < 1.29 is 4.79 Å². The molecular formula is C14H14ClN3O. The first kappa shape index (κ1) is 13.4. The molecule has 0 aliphatic carbocycles. The second kappa shape index (κ2) is 5.28. The highest BCUT2D eigenvalue weighted by molar-refractivity contribution is 6.32. The lowest BCUT2D eigenvalue weighted by atomic mass is 10.1. The van der Waals surface area contributed by atoms with Gasteiger partial charge in [0.2, 0.25) is 0 Å². The zero-order valence-electron chi connectivity index (χ0n) is 10.7. The molecule has 0 aliphatic heterocycles. The third kappa shape index (κ3) is 2.85. The van der Waals surface area contributed by atoms with Gasteiger partial charge in [0.05, 0.1) is 11.3 Å². The Morgan fingerprint density at radius 2 is 2.11 bits per heavy atom. The van der Waals surface area contributed by atoms with Gasteiger partial charge >= 0.3 is 0 Å². The number of hydrogen-bond acceptors (Lipinski definition) is 3. The summed E-state index contributed by atoms with van der Waals surface area (Å²) in [4.78, 5) is 16.2. The molecule has 5 heteroatoms. The van der Waals surface area contributed by atoms with Crippen LogP contribution in [0.25, 0.3) is 0 Å². The summed E-state index contributed by atoms with van der Waals surface area (Å²) in [6.45, 7) is 3.71. The molecule has 3 N–H and O–H groups in total. The van der Waals surface area contributed by atoms with E-state index in [2.05, 4.69) is 10.3 Å². The molecule has 1 aromatic heterocycles. The van der Waals surface area contributed by atoms with Crippen LogP contribution in [0.5, 0.6) is 0 Å². The van der Waals surface area contributed by atoms with E-state index in [4.69, 9.17) is 17.3 Å². The Morgan fingerprint density at radius 3 is 2.79 bits per heavy atom. The van der Waals surface area contributed by atoms with Crippen molar-refractivity contribution in [1.82, 2.24) is 4.98 Å². The Balaban J connectivity index is 2.34. The van der Waals surface area contributed by atoms with Gasteiger partial charge in [-0.05, 0) is 37.1 Å². The van der Waals surface area contributed by atoms with E-state index in [9.17, 15) is 4.79 Å². The van der Waals surface area contributed by atoms with E-state index in [0.717, 1.165) is 11.1 Å². The number of nitrogens with two attached hydrogens (primary N) is 1. The molecule has 0 spiro atoms. The second-order valence-corrected chi connectivity index (χ2v) is 4.70. The summed E-state index contributed by atoms with van der Waals surface area (Å²) in [5.41, 5.74) is 8.94. The van der Waals surface area contributed by atoms with Crippen LogP contribution in [-0.2, 0) is 0 Å². The van der Waals surface area contributed by atoms with Crippen molar-refractivity contribution in [2.45, 2.75) is 13.8 Å². The maximum Gasteiger partial charge on any atom is 0.258 e. The Bertz CT molecular complexity index is 620. The lowest BCUT2D eigenvalue weighted by Gasteiger charge is -2.11. The number of aromatic nitrogens is 1. The molecule has 19 heavy (non-hydrogen) atoms. The first-order valence-electron chi connectivity index (χ1n) is 5.77. The molecule has 4 nitrogen and oxygen atoms in total. The van der Waals surface area contributed by atoms with E-state index in [0.29, 0.717) is 16.9 Å². The third-order valence-electron chi connectivity index (χ3n) is 2.76. The van der Waals surface area contributed by atoms with Crippen LogP contribution in [0.2, 0.25) is 5.15 Å². The number of nitrogen functional groups attached to an aromatic ring is 1. The summed E-state index contributed by atoms with van der Waals surface area (Å²) in [5.74, 6) is -0.287. The number of carbonyl (C=O) groups excluding carboxylic acids is 1. The number of nitrogens with one attached hydrogen (secondary N) is 1. The van der Waals surface area contributed by atoms with Crippen LogP contribution in [0.15, 0.2) is 30.5 Å². The minimum absolute atomic E-state index is 0.256. The van der Waals surface area contributed by atoms with Gasteiger partial charge in [-0.1, -0.05) is 23.7 Å². The molecule has 0 saturated carbocycles. The second-order valence-electron chi connectivity index (χ2n) is 4.34. The Hall–Kier alpha value is -2.07. The first-order chi connectivity index (χ1) is 8.99. The van der Waals surface area contributed by atoms with Gasteiger partial charge in [0, 0.05) is 11.9 Å². The maximum atomic E-state index is 12.2. The quantitative estimate of drug-likeness (QED) is 0.653. The number of pyridine rings is 1. The van der Waals surface area contributed by atoms with Gasteiger partial charge in [-0.2, -0.15) is 0 Å². The molecule has 0 atom stereocenters. The molecule has 0 bridgehead atoms. The SMILES string of the molecule is Cc1cnc(Cl)c(NC(=O)c2c(C)cccc2N)c1. The van der Waals surface area contributed by atoms with Gasteiger partial charge in [-0.15, -0.1) is 0 Å². The largest absolute Gasteiger partial charge is 0.398 e. The summed E-state index contributed by atoms with van der Waals surface area (Å²) >= 11 is 5.95. The molecule has 0 unspecified atom stereocenters. The van der Waals surface area contributed by atoms with Gasteiger partial charge in [0.1, 0.15) is 0 Å². The predicted molar refractivity (Wildman–Crippen MR) is 77.5 cm³/mol. The minimum atomic E-state index is -0.287. The fourth-order valence-electron chi connectivity index (χ4n) is 1.83. The number of benzene rings is 1. The van der Waals surface area contributed by atoms with Gasteiger partial charge in [0.25, 0.3) is 5.91 Å². The van der Waals surface area contributed by atoms with Crippen molar-refractivity contribution in [2.75, 3.05) is 11.1 Å². The topological polar surface area (TPSA) is 68.0 Å². The number of aryl methyl sites for hydroxylation is 2. The molecule has 0 saturated heterocycles. The van der Waals surface area contributed by atoms with Crippen molar-refractivity contribution in [1.29, 1.82) is 0 Å². The third-order valence-corrected chi connectivity index (χ3v) is 3.06. The molecule has 0 fully saturated rings. The van der Waals surface area contributed by atoms with Gasteiger partial charge in [0.15, 0.2) is 5.15 Å². The smallest absolute Gasteiger partial charge is 0.258 e. The van der Waals surface area contributed by atoms with Crippen LogP contribution < -0.4 is 11.1 Å². The minimum Gasteiger partial charge on any atom is -0.398 e. The van der Waals surface area contributed by atoms with Crippen LogP contribution in [0.4, 0.5) is 11.4 Å². The highest BCUT2D eigenvalue weighted by atomic mass is 35.5. The number of anilines is 2. The molecule has 2 aromatic rings. The Labute approximate surface area is 116 Å². The molecule has 1 aromatic carbocycles. The van der Waals surface area contributed by atoms with Gasteiger partial charge in [-0.25, -0.2) is 4.98 Å². The zero-order chi connectivity index (χ0) is 14.0. The first-order valence-corrected chi connectivity index (χ1v) is 6.15. The summed E-state index contributed by atoms with van der Waals surface area (Å²) in [6, 6.07) is 7.10. The van der Waals surface area contributed by atoms with Crippen molar-refractivity contribution in [3.05, 3.63) is 52.3 Å². The lowest BCUT2D eigenvalue weighted by Crippen LogP contribution is -2.16. The van der Waals surface area contributed by atoms with Crippen LogP contribution >= 0.6 is 11.6 Å². The molecule has 1 amide bonds. The van der Waals surface area contributed by atoms with Crippen LogP contribution in [0.3, 0.4) is 0 Å². The van der Waals surface area contributed by atoms with E-state index in [1.54, 1.807) is 18.3 Å². The van der Waals surface area contributed by atoms with Gasteiger partial charge in [-0.3, -0.25) is 4.79 Å². The van der Waals surface area contributed by atoms with E-state index < -0.39 is 0 Å². The zero-order valence-corrected chi connectivity index (χ0v) is 11.5. The number of amides is 1. The average Bonchev–Trinajstić information content (AvgIpc) is 2.33.